The molecule has 0 aliphatic rings. The van der Waals surface area contributed by atoms with E-state index in [0.717, 1.165) is 11.8 Å². The van der Waals surface area contributed by atoms with Crippen molar-refractivity contribution >= 4 is 27.5 Å². The van der Waals surface area contributed by atoms with E-state index in [9.17, 15) is 21.6 Å². The van der Waals surface area contributed by atoms with Crippen LogP contribution in [0, 0.1) is 17.5 Å². The SMILES string of the molecule is Cn1cnnc1Sc1ccccc1NS(=O)(=O)c1ccc(F)c(F)c1F. The van der Waals surface area contributed by atoms with Gasteiger partial charge in [-0.25, -0.2) is 21.6 Å². The van der Waals surface area contributed by atoms with Crippen LogP contribution < -0.4 is 4.72 Å². The number of rotatable bonds is 5. The summed E-state index contributed by atoms with van der Waals surface area (Å²) in [5.74, 6) is -5.11. The molecule has 1 aromatic heterocycles. The highest BCUT2D eigenvalue weighted by molar-refractivity contribution is 7.99. The maximum Gasteiger partial charge on any atom is 0.264 e. The van der Waals surface area contributed by atoms with Crippen molar-refractivity contribution in [1.29, 1.82) is 0 Å². The number of nitrogens with zero attached hydrogens (tertiary/aromatic N) is 3. The molecule has 0 radical (unpaired) electrons. The second-order valence-electron chi connectivity index (χ2n) is 5.10. The van der Waals surface area contributed by atoms with Crippen LogP contribution >= 0.6 is 11.8 Å². The third kappa shape index (κ3) is 3.53. The number of aromatic nitrogens is 3. The Labute approximate surface area is 151 Å². The van der Waals surface area contributed by atoms with Crippen molar-refractivity contribution in [1.82, 2.24) is 14.8 Å². The third-order valence-corrected chi connectivity index (χ3v) is 5.80. The summed E-state index contributed by atoms with van der Waals surface area (Å²) in [4.78, 5) is -0.523. The Morgan fingerprint density at radius 1 is 1.08 bits per heavy atom. The van der Waals surface area contributed by atoms with Crippen LogP contribution in [0.4, 0.5) is 18.9 Å². The van der Waals surface area contributed by atoms with Crippen molar-refractivity contribution in [3.8, 4) is 0 Å². The molecule has 3 rings (SSSR count). The van der Waals surface area contributed by atoms with E-state index in [1.807, 2.05) is 0 Å². The molecule has 6 nitrogen and oxygen atoms in total. The largest absolute Gasteiger partial charge is 0.311 e. The second-order valence-corrected chi connectivity index (χ2v) is 7.76. The van der Waals surface area contributed by atoms with Gasteiger partial charge in [0.1, 0.15) is 11.2 Å². The van der Waals surface area contributed by atoms with E-state index in [0.29, 0.717) is 22.2 Å². The monoisotopic (exact) mass is 400 g/mol. The van der Waals surface area contributed by atoms with Crippen LogP contribution in [-0.2, 0) is 17.1 Å². The summed E-state index contributed by atoms with van der Waals surface area (Å²) in [5, 5.41) is 8.11. The molecule has 0 saturated heterocycles. The molecule has 0 unspecified atom stereocenters. The highest BCUT2D eigenvalue weighted by Gasteiger charge is 2.25. The number of hydrogen-bond donors (Lipinski definition) is 1. The van der Waals surface area contributed by atoms with E-state index < -0.39 is 32.4 Å². The lowest BCUT2D eigenvalue weighted by Gasteiger charge is -2.12. The highest BCUT2D eigenvalue weighted by Crippen LogP contribution is 2.33. The van der Waals surface area contributed by atoms with Gasteiger partial charge in [-0.1, -0.05) is 12.1 Å². The lowest BCUT2D eigenvalue weighted by molar-refractivity contribution is 0.432. The maximum atomic E-state index is 13.9. The molecule has 0 saturated carbocycles. The van der Waals surface area contributed by atoms with E-state index in [4.69, 9.17) is 0 Å². The zero-order valence-corrected chi connectivity index (χ0v) is 14.8. The van der Waals surface area contributed by atoms with E-state index >= 15 is 0 Å². The number of halogens is 3. The van der Waals surface area contributed by atoms with Crippen LogP contribution in [-0.4, -0.2) is 23.2 Å². The summed E-state index contributed by atoms with van der Waals surface area (Å²) in [5.41, 5.74) is 0.129. The Bertz CT molecular complexity index is 1070. The number of hydrogen-bond acceptors (Lipinski definition) is 5. The molecule has 0 bridgehead atoms. The molecule has 0 amide bonds. The quantitative estimate of drug-likeness (QED) is 0.666. The Morgan fingerprint density at radius 3 is 2.50 bits per heavy atom. The Balaban J connectivity index is 1.96. The zero-order valence-electron chi connectivity index (χ0n) is 13.1. The highest BCUT2D eigenvalue weighted by atomic mass is 32.2. The predicted octanol–water partition coefficient (Wildman–Crippen LogP) is 3.18. The van der Waals surface area contributed by atoms with Gasteiger partial charge < -0.3 is 4.57 Å². The number of para-hydroxylation sites is 1. The lowest BCUT2D eigenvalue weighted by Crippen LogP contribution is -2.16. The summed E-state index contributed by atoms with van der Waals surface area (Å²) in [7, 11) is -2.77. The van der Waals surface area contributed by atoms with Crippen LogP contribution in [0.25, 0.3) is 0 Å². The van der Waals surface area contributed by atoms with Crippen LogP contribution in [0.5, 0.6) is 0 Å². The van der Waals surface area contributed by atoms with Gasteiger partial charge >= 0.3 is 0 Å². The first-order valence-electron chi connectivity index (χ1n) is 7.07. The molecule has 136 valence electrons. The van der Waals surface area contributed by atoms with Crippen LogP contribution in [0.2, 0.25) is 0 Å². The summed E-state index contributed by atoms with van der Waals surface area (Å²) in [6.45, 7) is 0. The molecule has 1 N–H and O–H groups in total. The van der Waals surface area contributed by atoms with Crippen molar-refractivity contribution < 1.29 is 21.6 Å². The van der Waals surface area contributed by atoms with Gasteiger partial charge in [0.15, 0.2) is 22.6 Å². The van der Waals surface area contributed by atoms with Gasteiger partial charge in [-0.15, -0.1) is 10.2 Å². The van der Waals surface area contributed by atoms with E-state index in [1.165, 1.54) is 12.4 Å². The molecule has 2 aromatic carbocycles. The number of nitrogens with one attached hydrogen (secondary N) is 1. The van der Waals surface area contributed by atoms with Gasteiger partial charge in [0, 0.05) is 11.9 Å². The molecule has 3 aromatic rings. The summed E-state index contributed by atoms with van der Waals surface area (Å²) >= 11 is 1.13. The van der Waals surface area contributed by atoms with Crippen LogP contribution in [0.1, 0.15) is 0 Å². The Kier molecular flexibility index (Phi) is 4.92. The van der Waals surface area contributed by atoms with Gasteiger partial charge in [-0.2, -0.15) is 0 Å². The molecular weight excluding hydrogens is 389 g/mol. The minimum atomic E-state index is -4.48. The van der Waals surface area contributed by atoms with Gasteiger partial charge in [-0.05, 0) is 36.0 Å². The fraction of sp³-hybridized carbons (Fsp3) is 0.0667. The zero-order chi connectivity index (χ0) is 18.9. The van der Waals surface area contributed by atoms with E-state index in [2.05, 4.69) is 14.9 Å². The summed E-state index contributed by atoms with van der Waals surface area (Å²) in [6.07, 6.45) is 1.48. The summed E-state index contributed by atoms with van der Waals surface area (Å²) < 4.78 is 68.9. The van der Waals surface area contributed by atoms with Gasteiger partial charge in [-0.3, -0.25) is 4.72 Å². The smallest absolute Gasteiger partial charge is 0.264 e. The van der Waals surface area contributed by atoms with Crippen molar-refractivity contribution in [2.75, 3.05) is 4.72 Å². The molecule has 11 heteroatoms. The maximum absolute atomic E-state index is 13.9. The first-order valence-corrected chi connectivity index (χ1v) is 9.37. The van der Waals surface area contributed by atoms with Crippen LogP contribution in [0.3, 0.4) is 0 Å². The van der Waals surface area contributed by atoms with Gasteiger partial charge in [0.2, 0.25) is 0 Å². The number of sulfonamides is 1. The lowest BCUT2D eigenvalue weighted by atomic mass is 10.3. The van der Waals surface area contributed by atoms with Crippen molar-refractivity contribution in [2.45, 2.75) is 14.9 Å². The molecule has 0 spiro atoms. The third-order valence-electron chi connectivity index (χ3n) is 3.29. The molecule has 0 aliphatic carbocycles. The van der Waals surface area contributed by atoms with Crippen molar-refractivity contribution in [3.05, 3.63) is 60.2 Å². The van der Waals surface area contributed by atoms with Crippen LogP contribution in [0.15, 0.2) is 57.7 Å². The van der Waals surface area contributed by atoms with E-state index in [1.54, 1.807) is 29.8 Å². The Hall–Kier alpha value is -2.53. The fourth-order valence-electron chi connectivity index (χ4n) is 2.02. The van der Waals surface area contributed by atoms with Gasteiger partial charge in [0.05, 0.1) is 5.69 Å². The first kappa shape index (κ1) is 18.3. The van der Waals surface area contributed by atoms with Crippen molar-refractivity contribution in [3.63, 3.8) is 0 Å². The minimum absolute atomic E-state index is 0.129. The van der Waals surface area contributed by atoms with E-state index in [-0.39, 0.29) is 5.69 Å². The number of benzene rings is 2. The molecule has 0 atom stereocenters. The van der Waals surface area contributed by atoms with Gasteiger partial charge in [0.25, 0.3) is 10.0 Å². The minimum Gasteiger partial charge on any atom is -0.311 e. The standard InChI is InChI=1S/C15H11F3N4O2S2/c1-22-8-19-20-15(22)25-11-5-3-2-4-10(11)21-26(23,24)12-7-6-9(16)13(17)14(12)18/h2-8,21H,1H3. The molecular formula is C15H11F3N4O2S2. The topological polar surface area (TPSA) is 76.9 Å². The molecule has 0 fully saturated rings. The number of anilines is 1. The molecule has 26 heavy (non-hydrogen) atoms. The Morgan fingerprint density at radius 2 is 1.81 bits per heavy atom. The normalized spacial score (nSPS) is 11.5. The first-order chi connectivity index (χ1) is 12.3. The summed E-state index contributed by atoms with van der Waals surface area (Å²) in [6, 6.07) is 7.53. The predicted molar refractivity (Wildman–Crippen MR) is 88.7 cm³/mol. The molecule has 0 aliphatic heterocycles. The fourth-order valence-corrected chi connectivity index (χ4v) is 4.09. The number of aryl methyl sites for hydroxylation is 1. The molecule has 1 heterocycles. The average Bonchev–Trinajstić information content (AvgIpc) is 2.99. The van der Waals surface area contributed by atoms with Crippen molar-refractivity contribution in [2.24, 2.45) is 7.05 Å². The second kappa shape index (κ2) is 7.00. The average molecular weight is 400 g/mol.